The zero-order chi connectivity index (χ0) is 10.2. The zero-order valence-corrected chi connectivity index (χ0v) is 7.40. The van der Waals surface area contributed by atoms with Crippen LogP contribution in [0.1, 0.15) is 24.6 Å². The zero-order valence-electron chi connectivity index (χ0n) is 7.40. The SMILES string of the molecule is OC(c1cnccn1)C1CC(F)(F)C1. The molecule has 1 aromatic rings. The molecule has 0 aliphatic heterocycles. The van der Waals surface area contributed by atoms with Gasteiger partial charge in [0.1, 0.15) is 6.10 Å². The Balaban J connectivity index is 2.01. The van der Waals surface area contributed by atoms with E-state index in [1.54, 1.807) is 0 Å². The summed E-state index contributed by atoms with van der Waals surface area (Å²) in [5, 5.41) is 9.64. The van der Waals surface area contributed by atoms with E-state index >= 15 is 0 Å². The molecule has 1 unspecified atom stereocenters. The molecule has 1 aliphatic rings. The minimum atomic E-state index is -2.60. The maximum atomic E-state index is 12.5. The summed E-state index contributed by atoms with van der Waals surface area (Å²) in [5.74, 6) is -2.99. The Labute approximate surface area is 79.8 Å². The van der Waals surface area contributed by atoms with Gasteiger partial charge in [0.2, 0.25) is 5.92 Å². The van der Waals surface area contributed by atoms with Gasteiger partial charge in [-0.05, 0) is 0 Å². The van der Waals surface area contributed by atoms with Crippen LogP contribution in [0.5, 0.6) is 0 Å². The maximum Gasteiger partial charge on any atom is 0.248 e. The lowest BCUT2D eigenvalue weighted by Gasteiger charge is -2.37. The summed E-state index contributed by atoms with van der Waals surface area (Å²) >= 11 is 0. The average molecular weight is 200 g/mol. The maximum absolute atomic E-state index is 12.5. The topological polar surface area (TPSA) is 46.0 Å². The highest BCUT2D eigenvalue weighted by atomic mass is 19.3. The number of rotatable bonds is 2. The predicted molar refractivity (Wildman–Crippen MR) is 44.7 cm³/mol. The minimum absolute atomic E-state index is 0.259. The molecule has 1 N–H and O–H groups in total. The third-order valence-corrected chi connectivity index (χ3v) is 2.45. The lowest BCUT2D eigenvalue weighted by Crippen LogP contribution is -2.39. The van der Waals surface area contributed by atoms with E-state index in [9.17, 15) is 13.9 Å². The molecule has 1 saturated carbocycles. The van der Waals surface area contributed by atoms with Crippen LogP contribution in [0.2, 0.25) is 0 Å². The van der Waals surface area contributed by atoms with E-state index in [-0.39, 0.29) is 18.8 Å². The Hall–Kier alpha value is -1.10. The standard InChI is InChI=1S/C9H10F2N2O/c10-9(11)3-6(4-9)8(14)7-5-12-1-2-13-7/h1-2,5-6,8,14H,3-4H2. The molecule has 2 rings (SSSR count). The van der Waals surface area contributed by atoms with Gasteiger partial charge in [0.05, 0.1) is 11.9 Å². The molecule has 0 radical (unpaired) electrons. The van der Waals surface area contributed by atoms with Crippen LogP contribution in [-0.4, -0.2) is 21.0 Å². The molecule has 1 heterocycles. The van der Waals surface area contributed by atoms with E-state index in [0.717, 1.165) is 0 Å². The van der Waals surface area contributed by atoms with Gasteiger partial charge in [0, 0.05) is 31.2 Å². The lowest BCUT2D eigenvalue weighted by molar-refractivity contribution is -0.143. The van der Waals surface area contributed by atoms with Gasteiger partial charge in [0.15, 0.2) is 0 Å². The Morgan fingerprint density at radius 1 is 1.43 bits per heavy atom. The number of alkyl halides is 2. The summed E-state index contributed by atoms with van der Waals surface area (Å²) in [4.78, 5) is 7.64. The van der Waals surface area contributed by atoms with Crippen LogP contribution in [0.15, 0.2) is 18.6 Å². The summed E-state index contributed by atoms with van der Waals surface area (Å²) < 4.78 is 25.0. The Bertz CT molecular complexity index is 310. The molecule has 0 saturated heterocycles. The predicted octanol–water partition coefficient (Wildman–Crippen LogP) is 1.56. The molecule has 1 aromatic heterocycles. The fraction of sp³-hybridized carbons (Fsp3) is 0.556. The van der Waals surface area contributed by atoms with E-state index in [4.69, 9.17) is 0 Å². The highest BCUT2D eigenvalue weighted by molar-refractivity contribution is 5.04. The second kappa shape index (κ2) is 3.24. The van der Waals surface area contributed by atoms with Gasteiger partial charge in [-0.15, -0.1) is 0 Å². The van der Waals surface area contributed by atoms with Crippen molar-refractivity contribution in [3.63, 3.8) is 0 Å². The Morgan fingerprint density at radius 3 is 2.64 bits per heavy atom. The molecule has 0 amide bonds. The van der Waals surface area contributed by atoms with Crippen molar-refractivity contribution < 1.29 is 13.9 Å². The second-order valence-electron chi connectivity index (χ2n) is 3.60. The van der Waals surface area contributed by atoms with Crippen molar-refractivity contribution in [2.24, 2.45) is 5.92 Å². The van der Waals surface area contributed by atoms with E-state index < -0.39 is 12.0 Å². The normalized spacial score (nSPS) is 22.8. The molecule has 0 spiro atoms. The third kappa shape index (κ3) is 1.72. The molecule has 3 nitrogen and oxygen atoms in total. The first-order valence-electron chi connectivity index (χ1n) is 4.40. The van der Waals surface area contributed by atoms with Crippen molar-refractivity contribution in [3.05, 3.63) is 24.3 Å². The van der Waals surface area contributed by atoms with Crippen molar-refractivity contribution in [3.8, 4) is 0 Å². The van der Waals surface area contributed by atoms with Crippen molar-refractivity contribution in [1.82, 2.24) is 9.97 Å². The van der Waals surface area contributed by atoms with Crippen LogP contribution >= 0.6 is 0 Å². The van der Waals surface area contributed by atoms with Crippen LogP contribution in [-0.2, 0) is 0 Å². The molecule has 0 bridgehead atoms. The minimum Gasteiger partial charge on any atom is -0.386 e. The summed E-state index contributed by atoms with van der Waals surface area (Å²) in [6, 6.07) is 0. The first-order valence-corrected chi connectivity index (χ1v) is 4.40. The number of nitrogens with zero attached hydrogens (tertiary/aromatic N) is 2. The number of hydrogen-bond acceptors (Lipinski definition) is 3. The van der Waals surface area contributed by atoms with Gasteiger partial charge in [-0.3, -0.25) is 9.97 Å². The molecular formula is C9H10F2N2O. The average Bonchev–Trinajstić information content (AvgIpc) is 2.14. The smallest absolute Gasteiger partial charge is 0.248 e. The monoisotopic (exact) mass is 200 g/mol. The van der Waals surface area contributed by atoms with Crippen LogP contribution in [0, 0.1) is 5.92 Å². The first-order chi connectivity index (χ1) is 6.58. The van der Waals surface area contributed by atoms with Gasteiger partial charge in [0.25, 0.3) is 0 Å². The lowest BCUT2D eigenvalue weighted by atomic mass is 9.77. The summed E-state index contributed by atoms with van der Waals surface area (Å²) in [6.07, 6.45) is 2.89. The summed E-state index contributed by atoms with van der Waals surface area (Å²) in [7, 11) is 0. The van der Waals surface area contributed by atoms with Crippen LogP contribution in [0.3, 0.4) is 0 Å². The molecule has 0 aromatic carbocycles. The first kappa shape index (κ1) is 9.45. The molecule has 1 fully saturated rings. The highest BCUT2D eigenvalue weighted by Gasteiger charge is 2.48. The van der Waals surface area contributed by atoms with Crippen LogP contribution < -0.4 is 0 Å². The van der Waals surface area contributed by atoms with Crippen molar-refractivity contribution in [2.45, 2.75) is 24.9 Å². The molecule has 14 heavy (non-hydrogen) atoms. The highest BCUT2D eigenvalue weighted by Crippen LogP contribution is 2.47. The number of aromatic nitrogens is 2. The van der Waals surface area contributed by atoms with E-state index in [1.165, 1.54) is 18.6 Å². The number of halogens is 2. The quantitative estimate of drug-likeness (QED) is 0.787. The van der Waals surface area contributed by atoms with Crippen molar-refractivity contribution >= 4 is 0 Å². The Morgan fingerprint density at radius 2 is 2.14 bits per heavy atom. The van der Waals surface area contributed by atoms with Crippen molar-refractivity contribution in [1.29, 1.82) is 0 Å². The van der Waals surface area contributed by atoms with Crippen LogP contribution in [0.25, 0.3) is 0 Å². The fourth-order valence-electron chi connectivity index (χ4n) is 1.64. The van der Waals surface area contributed by atoms with Crippen molar-refractivity contribution in [2.75, 3.05) is 0 Å². The van der Waals surface area contributed by atoms with E-state index in [2.05, 4.69) is 9.97 Å². The van der Waals surface area contributed by atoms with Crippen LogP contribution in [0.4, 0.5) is 8.78 Å². The molecule has 76 valence electrons. The molecule has 1 atom stereocenters. The number of aliphatic hydroxyl groups excluding tert-OH is 1. The summed E-state index contributed by atoms with van der Waals surface area (Å²) in [5.41, 5.74) is 0.369. The summed E-state index contributed by atoms with van der Waals surface area (Å²) in [6.45, 7) is 0. The number of aliphatic hydroxyl groups is 1. The third-order valence-electron chi connectivity index (χ3n) is 2.45. The van der Waals surface area contributed by atoms with Gasteiger partial charge < -0.3 is 5.11 Å². The van der Waals surface area contributed by atoms with Gasteiger partial charge >= 0.3 is 0 Å². The van der Waals surface area contributed by atoms with E-state index in [0.29, 0.717) is 5.69 Å². The number of hydrogen-bond donors (Lipinski definition) is 1. The Kier molecular flexibility index (Phi) is 2.19. The van der Waals surface area contributed by atoms with E-state index in [1.807, 2.05) is 0 Å². The van der Waals surface area contributed by atoms with Gasteiger partial charge in [-0.1, -0.05) is 0 Å². The molecule has 5 heteroatoms. The molecule has 1 aliphatic carbocycles. The second-order valence-corrected chi connectivity index (χ2v) is 3.60. The molecular weight excluding hydrogens is 190 g/mol. The largest absolute Gasteiger partial charge is 0.386 e. The fourth-order valence-corrected chi connectivity index (χ4v) is 1.64. The van der Waals surface area contributed by atoms with Gasteiger partial charge in [-0.25, -0.2) is 8.78 Å². The van der Waals surface area contributed by atoms with Gasteiger partial charge in [-0.2, -0.15) is 0 Å².